The largest absolute Gasteiger partial charge is 0.493 e. The average Bonchev–Trinajstić information content (AvgIpc) is 3.31. The molecule has 0 amide bonds. The van der Waals surface area contributed by atoms with Gasteiger partial charge in [-0.2, -0.15) is 9.61 Å². The highest BCUT2D eigenvalue weighted by molar-refractivity contribution is 5.63. The third-order valence-corrected chi connectivity index (χ3v) is 4.35. The Balaban J connectivity index is 1.79. The number of rotatable bonds is 3. The molecule has 134 valence electrons. The van der Waals surface area contributed by atoms with Gasteiger partial charge in [-0.05, 0) is 31.1 Å². The number of hydrogen-bond acceptors (Lipinski definition) is 6. The molecule has 0 bridgehead atoms. The molecule has 1 aliphatic carbocycles. The Kier molecular flexibility index (Phi) is 3.39. The lowest BCUT2D eigenvalue weighted by molar-refractivity contribution is 0.454. The molecule has 27 heavy (non-hydrogen) atoms. The van der Waals surface area contributed by atoms with E-state index in [0.29, 0.717) is 16.9 Å². The Morgan fingerprint density at radius 3 is 2.78 bits per heavy atom. The van der Waals surface area contributed by atoms with Crippen LogP contribution in [0.5, 0.6) is 5.88 Å². The Morgan fingerprint density at radius 1 is 1.26 bits per heavy atom. The molecule has 1 aliphatic rings. The van der Waals surface area contributed by atoms with Crippen LogP contribution in [0.3, 0.4) is 0 Å². The van der Waals surface area contributed by atoms with Crippen LogP contribution >= 0.6 is 0 Å². The molecule has 1 fully saturated rings. The molecule has 1 saturated carbocycles. The summed E-state index contributed by atoms with van der Waals surface area (Å²) in [6, 6.07) is 6.00. The van der Waals surface area contributed by atoms with Gasteiger partial charge >= 0.3 is 5.69 Å². The number of imidazole rings is 1. The van der Waals surface area contributed by atoms with Crippen LogP contribution in [0.25, 0.3) is 23.0 Å². The first kappa shape index (κ1) is 15.5. The van der Waals surface area contributed by atoms with Crippen molar-refractivity contribution in [2.45, 2.75) is 18.9 Å². The van der Waals surface area contributed by atoms with Crippen molar-refractivity contribution in [3.8, 4) is 17.1 Å². The van der Waals surface area contributed by atoms with Gasteiger partial charge in [0.05, 0.1) is 17.9 Å². The van der Waals surface area contributed by atoms with Crippen LogP contribution in [0.2, 0.25) is 0 Å². The van der Waals surface area contributed by atoms with Gasteiger partial charge in [-0.25, -0.2) is 9.78 Å². The summed E-state index contributed by atoms with van der Waals surface area (Å²) in [4.78, 5) is 29.7. The molecule has 4 heterocycles. The molecule has 0 atom stereocenters. The average molecular weight is 361 g/mol. The Labute approximate surface area is 151 Å². The van der Waals surface area contributed by atoms with Crippen LogP contribution in [-0.2, 0) is 0 Å². The van der Waals surface area contributed by atoms with Gasteiger partial charge in [-0.15, -0.1) is 0 Å². The summed E-state index contributed by atoms with van der Waals surface area (Å²) < 4.78 is 1.68. The SMILES string of the molecule is O=c1[nH]c(O)c(/C=c2\cnn3c(=NC4CC4)cc(-c4ccncc4)nc23)[nH]1. The molecule has 4 aromatic heterocycles. The van der Waals surface area contributed by atoms with Crippen molar-refractivity contribution in [3.05, 3.63) is 63.7 Å². The second-order valence-corrected chi connectivity index (χ2v) is 6.42. The Morgan fingerprint density at radius 2 is 2.07 bits per heavy atom. The van der Waals surface area contributed by atoms with E-state index in [-0.39, 0.29) is 11.6 Å². The van der Waals surface area contributed by atoms with Crippen LogP contribution in [0, 0.1) is 0 Å². The van der Waals surface area contributed by atoms with Crippen molar-refractivity contribution >= 4 is 11.7 Å². The predicted molar refractivity (Wildman–Crippen MR) is 96.7 cm³/mol. The standard InChI is InChI=1S/C18H15N7O2/c26-17-14(23-18(27)24-17)7-11-9-20-25-15(21-12-1-2-12)8-13(22-16(11)25)10-3-5-19-6-4-10/h3-9,12,26H,1-2H2,(H2,23,24,27)/b11-7+,21-15?. The molecule has 0 radical (unpaired) electrons. The zero-order chi connectivity index (χ0) is 18.4. The van der Waals surface area contributed by atoms with E-state index in [0.717, 1.165) is 29.6 Å². The quantitative estimate of drug-likeness (QED) is 0.478. The molecular weight excluding hydrogens is 346 g/mol. The molecule has 3 N–H and O–H groups in total. The van der Waals surface area contributed by atoms with E-state index < -0.39 is 5.69 Å². The van der Waals surface area contributed by atoms with Crippen molar-refractivity contribution in [2.75, 3.05) is 0 Å². The fourth-order valence-corrected chi connectivity index (χ4v) is 2.87. The van der Waals surface area contributed by atoms with Crippen molar-refractivity contribution in [2.24, 2.45) is 4.99 Å². The van der Waals surface area contributed by atoms with E-state index in [2.05, 4.69) is 20.1 Å². The number of fused-ring (bicyclic) bond motifs is 1. The molecule has 4 aromatic rings. The van der Waals surface area contributed by atoms with Crippen molar-refractivity contribution in [1.82, 2.24) is 29.5 Å². The fraction of sp³-hybridized carbons (Fsp3) is 0.167. The van der Waals surface area contributed by atoms with Gasteiger partial charge in [0.1, 0.15) is 5.69 Å². The van der Waals surface area contributed by atoms with E-state index in [1.54, 1.807) is 29.2 Å². The van der Waals surface area contributed by atoms with E-state index in [4.69, 9.17) is 9.98 Å². The molecule has 9 heteroatoms. The molecule has 0 saturated heterocycles. The number of nitrogens with zero attached hydrogens (tertiary/aromatic N) is 5. The maximum atomic E-state index is 11.4. The van der Waals surface area contributed by atoms with Gasteiger partial charge in [0.2, 0.25) is 5.88 Å². The van der Waals surface area contributed by atoms with Crippen molar-refractivity contribution in [3.63, 3.8) is 0 Å². The second-order valence-electron chi connectivity index (χ2n) is 6.42. The highest BCUT2D eigenvalue weighted by atomic mass is 16.3. The number of H-pyrrole nitrogens is 2. The van der Waals surface area contributed by atoms with Crippen molar-refractivity contribution < 1.29 is 5.11 Å². The first-order chi connectivity index (χ1) is 13.2. The highest BCUT2D eigenvalue weighted by Crippen LogP contribution is 2.22. The van der Waals surface area contributed by atoms with Gasteiger partial charge in [0.25, 0.3) is 0 Å². The molecule has 9 nitrogen and oxygen atoms in total. The zero-order valence-corrected chi connectivity index (χ0v) is 14.1. The van der Waals surface area contributed by atoms with Crippen molar-refractivity contribution in [1.29, 1.82) is 0 Å². The van der Waals surface area contributed by atoms with Crippen LogP contribution < -0.4 is 16.4 Å². The summed E-state index contributed by atoms with van der Waals surface area (Å²) >= 11 is 0. The van der Waals surface area contributed by atoms with E-state index >= 15 is 0 Å². The maximum Gasteiger partial charge on any atom is 0.326 e. The molecule has 0 aromatic carbocycles. The van der Waals surface area contributed by atoms with Gasteiger partial charge < -0.3 is 10.1 Å². The minimum absolute atomic E-state index is 0.229. The molecule has 0 spiro atoms. The second kappa shape index (κ2) is 5.90. The number of aromatic nitrogens is 6. The summed E-state index contributed by atoms with van der Waals surface area (Å²) in [6.45, 7) is 0. The molecular formula is C18H15N7O2. The smallest absolute Gasteiger partial charge is 0.326 e. The first-order valence-electron chi connectivity index (χ1n) is 8.53. The topological polar surface area (TPSA) is 124 Å². The zero-order valence-electron chi connectivity index (χ0n) is 14.1. The lowest BCUT2D eigenvalue weighted by Gasteiger charge is -2.02. The molecule has 0 aliphatic heterocycles. The number of hydrogen-bond donors (Lipinski definition) is 3. The fourth-order valence-electron chi connectivity index (χ4n) is 2.87. The summed E-state index contributed by atoms with van der Waals surface area (Å²) in [6.07, 6.45) is 8.84. The summed E-state index contributed by atoms with van der Waals surface area (Å²) in [7, 11) is 0. The molecule has 5 rings (SSSR count). The normalized spacial score (nSPS) is 15.7. The monoisotopic (exact) mass is 361 g/mol. The van der Waals surface area contributed by atoms with Crippen LogP contribution in [0.1, 0.15) is 18.5 Å². The number of nitrogens with one attached hydrogen (secondary N) is 2. The number of aromatic amines is 2. The predicted octanol–water partition coefficient (Wildman–Crippen LogP) is 0.124. The third-order valence-electron chi connectivity index (χ3n) is 4.35. The third kappa shape index (κ3) is 2.88. The minimum atomic E-state index is -0.481. The van der Waals surface area contributed by atoms with E-state index in [9.17, 15) is 9.90 Å². The highest BCUT2D eigenvalue weighted by Gasteiger charge is 2.20. The van der Waals surface area contributed by atoms with E-state index in [1.807, 2.05) is 18.2 Å². The van der Waals surface area contributed by atoms with Gasteiger partial charge in [0.15, 0.2) is 11.1 Å². The first-order valence-corrected chi connectivity index (χ1v) is 8.53. The Bertz CT molecular complexity index is 1310. The van der Waals surface area contributed by atoms with Crippen LogP contribution in [0.4, 0.5) is 0 Å². The van der Waals surface area contributed by atoms with Gasteiger partial charge in [0, 0.05) is 29.2 Å². The maximum absolute atomic E-state index is 11.4. The van der Waals surface area contributed by atoms with Crippen LogP contribution in [-0.4, -0.2) is 40.7 Å². The number of aromatic hydroxyl groups is 1. The summed E-state index contributed by atoms with van der Waals surface area (Å²) in [5.74, 6) is -0.229. The van der Waals surface area contributed by atoms with Gasteiger partial charge in [-0.1, -0.05) is 0 Å². The lowest BCUT2D eigenvalue weighted by Crippen LogP contribution is -2.19. The Hall–Kier alpha value is -3.75. The van der Waals surface area contributed by atoms with Crippen LogP contribution in [0.15, 0.2) is 46.6 Å². The lowest BCUT2D eigenvalue weighted by atomic mass is 10.2. The van der Waals surface area contributed by atoms with E-state index in [1.165, 1.54) is 0 Å². The minimum Gasteiger partial charge on any atom is -0.493 e. The number of pyridine rings is 1. The molecule has 0 unspecified atom stereocenters. The summed E-state index contributed by atoms with van der Waals surface area (Å²) in [5.41, 5.74) is 2.78. The van der Waals surface area contributed by atoms with Gasteiger partial charge in [-0.3, -0.25) is 15.0 Å². The summed E-state index contributed by atoms with van der Waals surface area (Å²) in [5, 5.41) is 14.9.